The molecule has 1 amide bonds. The van der Waals surface area contributed by atoms with Crippen LogP contribution in [0.15, 0.2) is 73.2 Å². The van der Waals surface area contributed by atoms with Crippen molar-refractivity contribution in [2.45, 2.75) is 13.0 Å². The van der Waals surface area contributed by atoms with Crippen molar-refractivity contribution in [1.82, 2.24) is 24.9 Å². The summed E-state index contributed by atoms with van der Waals surface area (Å²) in [4.78, 5) is 12.7. The molecule has 1 atom stereocenters. The van der Waals surface area contributed by atoms with Crippen molar-refractivity contribution in [1.29, 1.82) is 5.26 Å². The van der Waals surface area contributed by atoms with Gasteiger partial charge in [0.05, 0.1) is 25.1 Å². The van der Waals surface area contributed by atoms with E-state index in [2.05, 4.69) is 21.6 Å². The minimum absolute atomic E-state index is 0.194. The highest BCUT2D eigenvalue weighted by molar-refractivity contribution is 5.92. The van der Waals surface area contributed by atoms with Crippen molar-refractivity contribution in [2.75, 3.05) is 7.11 Å². The van der Waals surface area contributed by atoms with Crippen LogP contribution in [0.25, 0.3) is 11.4 Å². The first kappa shape index (κ1) is 19.9. The third-order valence-corrected chi connectivity index (χ3v) is 4.76. The first-order chi connectivity index (χ1) is 15.1. The van der Waals surface area contributed by atoms with Crippen LogP contribution in [0.5, 0.6) is 5.75 Å². The smallest absolute Gasteiger partial charge is 0.273 e. The number of amides is 1. The summed E-state index contributed by atoms with van der Waals surface area (Å²) in [5, 5.41) is 20.9. The maximum atomic E-state index is 12.7. The first-order valence-electron chi connectivity index (χ1n) is 9.60. The number of aryl methyl sites for hydroxylation is 1. The van der Waals surface area contributed by atoms with Gasteiger partial charge in [0, 0.05) is 18.0 Å². The Morgan fingerprint density at radius 3 is 2.71 bits per heavy atom. The minimum Gasteiger partial charge on any atom is -0.494 e. The summed E-state index contributed by atoms with van der Waals surface area (Å²) in [6.07, 6.45) is 4.97. The van der Waals surface area contributed by atoms with E-state index in [1.54, 1.807) is 41.1 Å². The number of carbonyl (C=O) groups is 1. The van der Waals surface area contributed by atoms with Gasteiger partial charge in [0.1, 0.15) is 17.5 Å². The number of nitriles is 1. The molecule has 4 rings (SSSR count). The molecule has 2 heterocycles. The van der Waals surface area contributed by atoms with Crippen LogP contribution < -0.4 is 10.1 Å². The number of hydrogen-bond acceptors (Lipinski definition) is 5. The Morgan fingerprint density at radius 2 is 1.97 bits per heavy atom. The highest BCUT2D eigenvalue weighted by Crippen LogP contribution is 2.23. The molecule has 8 heteroatoms. The van der Waals surface area contributed by atoms with Crippen LogP contribution in [0.3, 0.4) is 0 Å². The largest absolute Gasteiger partial charge is 0.494 e. The monoisotopic (exact) mass is 412 g/mol. The van der Waals surface area contributed by atoms with Crippen LogP contribution in [-0.2, 0) is 0 Å². The Balaban J connectivity index is 1.53. The van der Waals surface area contributed by atoms with Gasteiger partial charge >= 0.3 is 0 Å². The molecule has 1 unspecified atom stereocenters. The molecule has 0 bridgehead atoms. The van der Waals surface area contributed by atoms with Gasteiger partial charge in [-0.3, -0.25) is 4.79 Å². The van der Waals surface area contributed by atoms with Crippen LogP contribution in [0.2, 0.25) is 0 Å². The third kappa shape index (κ3) is 4.16. The molecule has 8 nitrogen and oxygen atoms in total. The quantitative estimate of drug-likeness (QED) is 0.524. The van der Waals surface area contributed by atoms with Gasteiger partial charge < -0.3 is 10.1 Å². The third-order valence-electron chi connectivity index (χ3n) is 4.76. The second-order valence-electron chi connectivity index (χ2n) is 6.91. The molecule has 4 aromatic rings. The van der Waals surface area contributed by atoms with Crippen LogP contribution in [-0.4, -0.2) is 32.6 Å². The molecule has 2 aromatic carbocycles. The number of ether oxygens (including phenoxy) is 1. The second-order valence-corrected chi connectivity index (χ2v) is 6.91. The highest BCUT2D eigenvalue weighted by Gasteiger charge is 2.19. The number of benzene rings is 2. The number of nitrogens with one attached hydrogen (secondary N) is 1. The van der Waals surface area contributed by atoms with Crippen molar-refractivity contribution < 1.29 is 9.53 Å². The SMILES string of the molecule is COc1ccc(C)cc1-n1ccc(C(=O)NC(C#N)c2cnn(-c3ccccc3)c2)n1. The summed E-state index contributed by atoms with van der Waals surface area (Å²) in [7, 11) is 1.58. The summed E-state index contributed by atoms with van der Waals surface area (Å²) in [5.41, 5.74) is 3.40. The van der Waals surface area contributed by atoms with E-state index in [4.69, 9.17) is 4.74 Å². The van der Waals surface area contributed by atoms with Crippen molar-refractivity contribution in [3.05, 3.63) is 90.0 Å². The fraction of sp³-hybridized carbons (Fsp3) is 0.130. The normalized spacial score (nSPS) is 11.5. The summed E-state index contributed by atoms with van der Waals surface area (Å²) in [5.74, 6) is 0.188. The Kier molecular flexibility index (Phi) is 5.49. The molecule has 0 radical (unpaired) electrons. The molecule has 2 aromatic heterocycles. The molecule has 31 heavy (non-hydrogen) atoms. The van der Waals surface area contributed by atoms with Crippen molar-refractivity contribution in [3.63, 3.8) is 0 Å². The molecular weight excluding hydrogens is 392 g/mol. The predicted molar refractivity (Wildman–Crippen MR) is 114 cm³/mol. The number of aromatic nitrogens is 4. The standard InChI is InChI=1S/C23H20N6O2/c1-16-8-9-22(31-2)21(12-16)28-11-10-19(27-28)23(30)26-20(13-24)17-14-25-29(15-17)18-6-4-3-5-7-18/h3-12,14-15,20H,1-2H3,(H,26,30). The fourth-order valence-electron chi connectivity index (χ4n) is 3.16. The van der Waals surface area contributed by atoms with E-state index in [9.17, 15) is 10.1 Å². The van der Waals surface area contributed by atoms with Gasteiger partial charge in [0.2, 0.25) is 0 Å². The lowest BCUT2D eigenvalue weighted by atomic mass is 10.2. The Labute approximate surface area is 179 Å². The Hall–Kier alpha value is -4.38. The molecule has 0 aliphatic rings. The highest BCUT2D eigenvalue weighted by atomic mass is 16.5. The van der Waals surface area contributed by atoms with E-state index >= 15 is 0 Å². The maximum Gasteiger partial charge on any atom is 0.273 e. The van der Waals surface area contributed by atoms with Crippen molar-refractivity contribution in [3.8, 4) is 23.2 Å². The summed E-state index contributed by atoms with van der Waals surface area (Å²) in [6.45, 7) is 1.97. The number of methoxy groups -OCH3 is 1. The number of para-hydroxylation sites is 1. The van der Waals surface area contributed by atoms with E-state index in [-0.39, 0.29) is 5.69 Å². The minimum atomic E-state index is -0.858. The summed E-state index contributed by atoms with van der Waals surface area (Å²) in [6, 6.07) is 18.1. The molecule has 1 N–H and O–H groups in total. The number of nitrogens with zero attached hydrogens (tertiary/aromatic N) is 5. The van der Waals surface area contributed by atoms with Crippen LogP contribution in [0.1, 0.15) is 27.7 Å². The van der Waals surface area contributed by atoms with Crippen molar-refractivity contribution in [2.24, 2.45) is 0 Å². The topological polar surface area (TPSA) is 97.8 Å². The predicted octanol–water partition coefficient (Wildman–Crippen LogP) is 3.37. The zero-order valence-electron chi connectivity index (χ0n) is 17.1. The van der Waals surface area contributed by atoms with Gasteiger partial charge in [-0.2, -0.15) is 15.5 Å². The first-order valence-corrected chi connectivity index (χ1v) is 9.60. The molecule has 0 spiro atoms. The lowest BCUT2D eigenvalue weighted by Crippen LogP contribution is -2.28. The molecular formula is C23H20N6O2. The molecule has 0 aliphatic carbocycles. The van der Waals surface area contributed by atoms with E-state index < -0.39 is 11.9 Å². The van der Waals surface area contributed by atoms with Crippen LogP contribution in [0.4, 0.5) is 0 Å². The Bertz CT molecular complexity index is 1250. The van der Waals surface area contributed by atoms with Crippen LogP contribution in [0, 0.1) is 18.3 Å². The van der Waals surface area contributed by atoms with Gasteiger partial charge in [-0.1, -0.05) is 24.3 Å². The van der Waals surface area contributed by atoms with Gasteiger partial charge in [-0.05, 0) is 42.8 Å². The molecule has 0 saturated carbocycles. The van der Waals surface area contributed by atoms with Gasteiger partial charge in [0.15, 0.2) is 5.69 Å². The van der Waals surface area contributed by atoms with Gasteiger partial charge in [-0.25, -0.2) is 9.36 Å². The maximum absolute atomic E-state index is 12.7. The summed E-state index contributed by atoms with van der Waals surface area (Å²) < 4.78 is 8.63. The lowest BCUT2D eigenvalue weighted by molar-refractivity contribution is 0.0939. The average Bonchev–Trinajstić information content (AvgIpc) is 3.48. The van der Waals surface area contributed by atoms with E-state index in [0.717, 1.165) is 16.9 Å². The van der Waals surface area contributed by atoms with Gasteiger partial charge in [-0.15, -0.1) is 0 Å². The zero-order chi connectivity index (χ0) is 21.8. The van der Waals surface area contributed by atoms with E-state index in [1.807, 2.05) is 55.5 Å². The zero-order valence-corrected chi connectivity index (χ0v) is 17.1. The molecule has 0 fully saturated rings. The summed E-state index contributed by atoms with van der Waals surface area (Å²) >= 11 is 0. The van der Waals surface area contributed by atoms with Gasteiger partial charge in [0.25, 0.3) is 5.91 Å². The molecule has 154 valence electrons. The fourth-order valence-corrected chi connectivity index (χ4v) is 3.16. The van der Waals surface area contributed by atoms with Crippen molar-refractivity contribution >= 4 is 5.91 Å². The molecule has 0 saturated heterocycles. The lowest BCUT2D eigenvalue weighted by Gasteiger charge is -2.10. The second kappa shape index (κ2) is 8.55. The Morgan fingerprint density at radius 1 is 1.16 bits per heavy atom. The van der Waals surface area contributed by atoms with E-state index in [1.165, 1.54) is 0 Å². The average molecular weight is 412 g/mol. The number of hydrogen-bond donors (Lipinski definition) is 1. The van der Waals surface area contributed by atoms with E-state index in [0.29, 0.717) is 11.3 Å². The molecule has 0 aliphatic heterocycles. The number of rotatable bonds is 6. The number of carbonyl (C=O) groups excluding carboxylic acids is 1. The van der Waals surface area contributed by atoms with Crippen LogP contribution >= 0.6 is 0 Å².